The van der Waals surface area contributed by atoms with E-state index in [0.717, 1.165) is 13.0 Å². The summed E-state index contributed by atoms with van der Waals surface area (Å²) in [5, 5.41) is 3.16. The number of hydrogen-bond donors (Lipinski definition) is 1. The number of likely N-dealkylation sites (N-methyl/N-ethyl adjacent to an activating group) is 1. The molecule has 0 saturated heterocycles. The van der Waals surface area contributed by atoms with E-state index in [2.05, 4.69) is 19.2 Å². The summed E-state index contributed by atoms with van der Waals surface area (Å²) in [4.78, 5) is 11.0. The Bertz CT molecular complexity index is 126. The Hall–Kier alpha value is -0.370. The average Bonchev–Trinajstić information content (AvgIpc) is 2.06. The van der Waals surface area contributed by atoms with Gasteiger partial charge in [-0.2, -0.15) is 0 Å². The van der Waals surface area contributed by atoms with Gasteiger partial charge in [-0.3, -0.25) is 4.79 Å². The largest absolute Gasteiger partial charge is 0.308 e. The maximum Gasteiger partial charge on any atom is 0.146 e. The summed E-state index contributed by atoms with van der Waals surface area (Å²) in [7, 11) is 0. The van der Waals surface area contributed by atoms with Gasteiger partial charge < -0.3 is 5.32 Å². The first-order chi connectivity index (χ1) is 6.07. The molecule has 0 aliphatic carbocycles. The second-order valence-corrected chi connectivity index (χ2v) is 3.35. The van der Waals surface area contributed by atoms with E-state index in [0.29, 0.717) is 5.92 Å². The summed E-state index contributed by atoms with van der Waals surface area (Å²) < 4.78 is 0. The highest BCUT2D eigenvalue weighted by molar-refractivity contribution is 5.81. The third-order valence-electron chi connectivity index (χ3n) is 1.65. The summed E-state index contributed by atoms with van der Waals surface area (Å²) in [5.41, 5.74) is 0. The van der Waals surface area contributed by atoms with Crippen LogP contribution in [0.5, 0.6) is 0 Å². The maximum atomic E-state index is 11.0. The Balaban J connectivity index is -0.000000376. The van der Waals surface area contributed by atoms with E-state index in [1.165, 1.54) is 0 Å². The van der Waals surface area contributed by atoms with Crippen LogP contribution in [0.25, 0.3) is 0 Å². The first kappa shape index (κ1) is 15.1. The van der Waals surface area contributed by atoms with Gasteiger partial charge in [-0.05, 0) is 25.8 Å². The van der Waals surface area contributed by atoms with Crippen LogP contribution in [0.1, 0.15) is 49.4 Å². The first-order valence-corrected chi connectivity index (χ1v) is 5.31. The fraction of sp³-hybridized carbons (Fsp3) is 0.909. The van der Waals surface area contributed by atoms with Gasteiger partial charge in [0, 0.05) is 1.43 Å². The highest BCUT2D eigenvalue weighted by Crippen LogP contribution is 2.04. The van der Waals surface area contributed by atoms with Crippen molar-refractivity contribution in [3.05, 3.63) is 0 Å². The molecule has 0 rings (SSSR count). The first-order valence-electron chi connectivity index (χ1n) is 5.31. The monoisotopic (exact) mass is 189 g/mol. The molecule has 0 amide bonds. The van der Waals surface area contributed by atoms with Crippen LogP contribution in [-0.2, 0) is 4.79 Å². The van der Waals surface area contributed by atoms with E-state index in [-0.39, 0.29) is 13.3 Å². The Kier molecular flexibility index (Phi) is 11.3. The Labute approximate surface area is 84.6 Å². The molecule has 0 spiro atoms. The SMILES string of the molecule is CC.CCN[C@@H](CC(C)C)C(C)=O.[HH]. The lowest BCUT2D eigenvalue weighted by molar-refractivity contribution is -0.119. The second kappa shape index (κ2) is 9.72. The lowest BCUT2D eigenvalue weighted by Crippen LogP contribution is -2.36. The molecule has 0 aromatic rings. The van der Waals surface area contributed by atoms with E-state index in [9.17, 15) is 4.79 Å². The van der Waals surface area contributed by atoms with Gasteiger partial charge in [-0.25, -0.2) is 0 Å². The van der Waals surface area contributed by atoms with Gasteiger partial charge in [0.1, 0.15) is 5.78 Å². The normalized spacial score (nSPS) is 11.9. The predicted molar refractivity (Wildman–Crippen MR) is 61.1 cm³/mol. The predicted octanol–water partition coefficient (Wildman–Crippen LogP) is 2.87. The van der Waals surface area contributed by atoms with Crippen molar-refractivity contribution in [2.24, 2.45) is 5.92 Å². The topological polar surface area (TPSA) is 29.1 Å². The molecule has 82 valence electrons. The molecular formula is C11H27NO. The van der Waals surface area contributed by atoms with Crippen molar-refractivity contribution in [1.29, 1.82) is 0 Å². The van der Waals surface area contributed by atoms with Crippen LogP contribution in [0.3, 0.4) is 0 Å². The van der Waals surface area contributed by atoms with Crippen LogP contribution in [0, 0.1) is 5.92 Å². The number of carbonyl (C=O) groups is 1. The van der Waals surface area contributed by atoms with Crippen molar-refractivity contribution >= 4 is 5.78 Å². The van der Waals surface area contributed by atoms with Gasteiger partial charge in [0.15, 0.2) is 0 Å². The summed E-state index contributed by atoms with van der Waals surface area (Å²) >= 11 is 0. The summed E-state index contributed by atoms with van der Waals surface area (Å²) in [6.45, 7) is 12.8. The molecule has 0 radical (unpaired) electrons. The van der Waals surface area contributed by atoms with Crippen LogP contribution >= 0.6 is 0 Å². The van der Waals surface area contributed by atoms with Gasteiger partial charge in [0.2, 0.25) is 0 Å². The lowest BCUT2D eigenvalue weighted by Gasteiger charge is -2.16. The zero-order chi connectivity index (χ0) is 10.9. The van der Waals surface area contributed by atoms with Crippen LogP contribution in [0.15, 0.2) is 0 Å². The quantitative estimate of drug-likeness (QED) is 0.720. The molecule has 13 heavy (non-hydrogen) atoms. The lowest BCUT2D eigenvalue weighted by atomic mass is 10.0. The zero-order valence-electron chi connectivity index (χ0n) is 9.98. The van der Waals surface area contributed by atoms with E-state index >= 15 is 0 Å². The summed E-state index contributed by atoms with van der Waals surface area (Å²) in [6.07, 6.45) is 0.948. The molecule has 0 heterocycles. The number of carbonyl (C=O) groups excluding carboxylic acids is 1. The van der Waals surface area contributed by atoms with Crippen molar-refractivity contribution < 1.29 is 6.22 Å². The number of Topliss-reactive ketones (excluding diaryl/α,β-unsaturated/α-hetero) is 1. The van der Waals surface area contributed by atoms with E-state index < -0.39 is 0 Å². The minimum Gasteiger partial charge on any atom is -0.308 e. The number of nitrogens with one attached hydrogen (secondary N) is 1. The highest BCUT2D eigenvalue weighted by Gasteiger charge is 2.13. The van der Waals surface area contributed by atoms with Crippen LogP contribution in [0.2, 0.25) is 0 Å². The van der Waals surface area contributed by atoms with Crippen LogP contribution in [0.4, 0.5) is 0 Å². The number of rotatable bonds is 5. The van der Waals surface area contributed by atoms with Crippen molar-refractivity contribution in [1.82, 2.24) is 5.32 Å². The fourth-order valence-corrected chi connectivity index (χ4v) is 1.11. The minimum atomic E-state index is 0. The van der Waals surface area contributed by atoms with Crippen molar-refractivity contribution in [2.45, 2.75) is 54.0 Å². The highest BCUT2D eigenvalue weighted by atomic mass is 16.1. The van der Waals surface area contributed by atoms with Gasteiger partial charge >= 0.3 is 0 Å². The molecule has 2 heteroatoms. The van der Waals surface area contributed by atoms with Gasteiger partial charge in [-0.15, -0.1) is 0 Å². The Morgan fingerprint density at radius 2 is 1.85 bits per heavy atom. The molecule has 1 atom stereocenters. The molecule has 0 aromatic heterocycles. The minimum absolute atomic E-state index is 0. The van der Waals surface area contributed by atoms with Gasteiger partial charge in [-0.1, -0.05) is 34.6 Å². The number of hydrogen-bond acceptors (Lipinski definition) is 2. The average molecular weight is 189 g/mol. The van der Waals surface area contributed by atoms with Crippen LogP contribution < -0.4 is 5.32 Å². The van der Waals surface area contributed by atoms with Crippen molar-refractivity contribution in [3.8, 4) is 0 Å². The van der Waals surface area contributed by atoms with Gasteiger partial charge in [0.25, 0.3) is 0 Å². The molecule has 0 saturated carbocycles. The third-order valence-corrected chi connectivity index (χ3v) is 1.65. The number of ketones is 1. The second-order valence-electron chi connectivity index (χ2n) is 3.35. The van der Waals surface area contributed by atoms with Crippen molar-refractivity contribution in [2.75, 3.05) is 6.54 Å². The molecule has 0 aliphatic heterocycles. The molecule has 2 nitrogen and oxygen atoms in total. The molecule has 1 N–H and O–H groups in total. The molecule has 0 aromatic carbocycles. The standard InChI is InChI=1S/C9H19NO.C2H6.H2/c1-5-10-9(8(4)11)6-7(2)3;1-2;/h7,9-10H,5-6H2,1-4H3;1-2H3;1H/t9-;;/m0../s1. The zero-order valence-corrected chi connectivity index (χ0v) is 9.98. The Morgan fingerprint density at radius 1 is 1.38 bits per heavy atom. The van der Waals surface area contributed by atoms with E-state index in [4.69, 9.17) is 0 Å². The molecule has 0 unspecified atom stereocenters. The maximum absolute atomic E-state index is 11.0. The third kappa shape index (κ3) is 9.54. The molecule has 0 aliphatic rings. The van der Waals surface area contributed by atoms with Gasteiger partial charge in [0.05, 0.1) is 6.04 Å². The molecule has 0 fully saturated rings. The smallest absolute Gasteiger partial charge is 0.146 e. The molecular weight excluding hydrogens is 162 g/mol. The Morgan fingerprint density at radius 3 is 2.08 bits per heavy atom. The summed E-state index contributed by atoms with van der Waals surface area (Å²) in [6, 6.07) is 0.0694. The van der Waals surface area contributed by atoms with E-state index in [1.54, 1.807) is 6.92 Å². The fourth-order valence-electron chi connectivity index (χ4n) is 1.11. The van der Waals surface area contributed by atoms with E-state index in [1.807, 2.05) is 20.8 Å². The molecule has 0 bridgehead atoms. The van der Waals surface area contributed by atoms with Crippen molar-refractivity contribution in [3.63, 3.8) is 0 Å². The summed E-state index contributed by atoms with van der Waals surface area (Å²) in [5.74, 6) is 0.837. The van der Waals surface area contributed by atoms with Crippen LogP contribution in [-0.4, -0.2) is 18.4 Å².